The van der Waals surface area contributed by atoms with Gasteiger partial charge in [-0.3, -0.25) is 0 Å². The fourth-order valence-electron chi connectivity index (χ4n) is 2.62. The van der Waals surface area contributed by atoms with Crippen molar-refractivity contribution in [2.45, 2.75) is 45.7 Å². The largest absolute Gasteiger partial charge is 0.336 e. The van der Waals surface area contributed by atoms with Gasteiger partial charge in [-0.25, -0.2) is 4.79 Å². The molecule has 0 saturated heterocycles. The molecular weight excluding hydrogens is 224 g/mol. The number of fused-ring (bicyclic) bond motifs is 1. The number of nitrogens with zero attached hydrogens (tertiary/aromatic N) is 1. The molecule has 2 amide bonds. The Morgan fingerprint density at radius 1 is 1.33 bits per heavy atom. The molecular formula is C15H22N2O. The molecule has 0 aromatic heterocycles. The number of urea groups is 1. The van der Waals surface area contributed by atoms with Crippen molar-refractivity contribution in [3.8, 4) is 0 Å². The van der Waals surface area contributed by atoms with E-state index >= 15 is 0 Å². The maximum absolute atomic E-state index is 12.1. The average Bonchev–Trinajstić information content (AvgIpc) is 2.27. The van der Waals surface area contributed by atoms with Crippen LogP contribution < -0.4 is 5.32 Å². The van der Waals surface area contributed by atoms with Crippen LogP contribution in [-0.4, -0.2) is 23.5 Å². The Balaban J connectivity index is 2.24. The minimum atomic E-state index is 0.0170. The second-order valence-electron chi connectivity index (χ2n) is 6.00. The van der Waals surface area contributed by atoms with Crippen LogP contribution in [0.3, 0.4) is 0 Å². The first-order valence-electron chi connectivity index (χ1n) is 6.54. The van der Waals surface area contributed by atoms with Crippen LogP contribution in [0.1, 0.15) is 38.8 Å². The van der Waals surface area contributed by atoms with Crippen molar-refractivity contribution in [3.05, 3.63) is 35.4 Å². The molecule has 1 aliphatic rings. The Labute approximate surface area is 109 Å². The smallest absolute Gasteiger partial charge is 0.317 e. The molecule has 1 heterocycles. The van der Waals surface area contributed by atoms with E-state index in [1.54, 1.807) is 0 Å². The highest BCUT2D eigenvalue weighted by Gasteiger charge is 2.33. The Hall–Kier alpha value is -1.51. The van der Waals surface area contributed by atoms with E-state index in [0.29, 0.717) is 6.54 Å². The molecule has 0 radical (unpaired) electrons. The summed E-state index contributed by atoms with van der Waals surface area (Å²) in [6.07, 6.45) is 0. The van der Waals surface area contributed by atoms with Crippen LogP contribution in [0.4, 0.5) is 4.79 Å². The van der Waals surface area contributed by atoms with Gasteiger partial charge in [-0.15, -0.1) is 0 Å². The fraction of sp³-hybridized carbons (Fsp3) is 0.533. The molecule has 0 atom stereocenters. The fourth-order valence-corrected chi connectivity index (χ4v) is 2.62. The summed E-state index contributed by atoms with van der Waals surface area (Å²) in [7, 11) is 0. The first-order valence-corrected chi connectivity index (χ1v) is 6.54. The zero-order valence-electron chi connectivity index (χ0n) is 11.7. The van der Waals surface area contributed by atoms with Gasteiger partial charge >= 0.3 is 6.03 Å². The van der Waals surface area contributed by atoms with Gasteiger partial charge in [0.2, 0.25) is 0 Å². The normalized spacial score (nSPS) is 17.5. The molecule has 1 aromatic rings. The van der Waals surface area contributed by atoms with Crippen molar-refractivity contribution in [1.82, 2.24) is 10.2 Å². The maximum atomic E-state index is 12.1. The number of amides is 2. The molecule has 0 unspecified atom stereocenters. The minimum absolute atomic E-state index is 0.0170. The highest BCUT2D eigenvalue weighted by atomic mass is 16.2. The molecule has 18 heavy (non-hydrogen) atoms. The first kappa shape index (κ1) is 12.9. The van der Waals surface area contributed by atoms with Gasteiger partial charge in [-0.05, 0) is 25.0 Å². The Morgan fingerprint density at radius 3 is 2.67 bits per heavy atom. The quantitative estimate of drug-likeness (QED) is 0.812. The second kappa shape index (κ2) is 4.63. The molecule has 3 nitrogen and oxygen atoms in total. The van der Waals surface area contributed by atoms with Crippen LogP contribution >= 0.6 is 0 Å². The van der Waals surface area contributed by atoms with Crippen LogP contribution in [-0.2, 0) is 12.0 Å². The molecule has 0 aliphatic carbocycles. The third kappa shape index (κ3) is 2.50. The lowest BCUT2D eigenvalue weighted by molar-refractivity contribution is 0.171. The summed E-state index contributed by atoms with van der Waals surface area (Å²) in [6, 6.07) is 8.62. The zero-order valence-corrected chi connectivity index (χ0v) is 11.7. The van der Waals surface area contributed by atoms with E-state index in [9.17, 15) is 4.79 Å². The molecule has 98 valence electrons. The van der Waals surface area contributed by atoms with E-state index in [-0.39, 0.29) is 17.5 Å². The van der Waals surface area contributed by atoms with E-state index < -0.39 is 0 Å². The lowest BCUT2D eigenvalue weighted by atomic mass is 9.78. The van der Waals surface area contributed by atoms with E-state index in [0.717, 1.165) is 6.54 Å². The van der Waals surface area contributed by atoms with Crippen LogP contribution in [0.15, 0.2) is 24.3 Å². The molecule has 0 bridgehead atoms. The number of hydrogen-bond acceptors (Lipinski definition) is 1. The molecule has 0 fully saturated rings. The molecule has 2 rings (SSSR count). The average molecular weight is 246 g/mol. The van der Waals surface area contributed by atoms with Crippen LogP contribution in [0.5, 0.6) is 0 Å². The summed E-state index contributed by atoms with van der Waals surface area (Å²) in [5, 5.41) is 2.97. The molecule has 3 heteroatoms. The van der Waals surface area contributed by atoms with Gasteiger partial charge in [0.15, 0.2) is 0 Å². The Kier molecular flexibility index (Phi) is 3.33. The standard InChI is InChI=1S/C15H22N2O/c1-11(2)16-14(18)17-9-12-7-5-6-8-13(12)15(3,4)10-17/h5-8,11H,9-10H2,1-4H3,(H,16,18). The van der Waals surface area contributed by atoms with Crippen LogP contribution in [0.25, 0.3) is 0 Å². The number of benzene rings is 1. The summed E-state index contributed by atoms with van der Waals surface area (Å²) < 4.78 is 0. The van der Waals surface area contributed by atoms with E-state index in [4.69, 9.17) is 0 Å². The molecule has 1 aliphatic heterocycles. The lowest BCUT2D eigenvalue weighted by Gasteiger charge is -2.40. The summed E-state index contributed by atoms with van der Waals surface area (Å²) >= 11 is 0. The van der Waals surface area contributed by atoms with E-state index in [1.165, 1.54) is 11.1 Å². The predicted molar refractivity (Wildman–Crippen MR) is 73.5 cm³/mol. The summed E-state index contributed by atoms with van der Waals surface area (Å²) in [5.41, 5.74) is 2.63. The van der Waals surface area contributed by atoms with E-state index in [2.05, 4.69) is 37.4 Å². The Morgan fingerprint density at radius 2 is 2.00 bits per heavy atom. The van der Waals surface area contributed by atoms with Crippen molar-refractivity contribution >= 4 is 6.03 Å². The topological polar surface area (TPSA) is 32.3 Å². The number of rotatable bonds is 1. The third-order valence-corrected chi connectivity index (χ3v) is 3.39. The molecule has 1 N–H and O–H groups in total. The van der Waals surface area contributed by atoms with Crippen molar-refractivity contribution in [3.63, 3.8) is 0 Å². The SMILES string of the molecule is CC(C)NC(=O)N1Cc2ccccc2C(C)(C)C1. The van der Waals surface area contributed by atoms with Gasteiger partial charge in [-0.1, -0.05) is 38.1 Å². The maximum Gasteiger partial charge on any atom is 0.317 e. The van der Waals surface area contributed by atoms with Crippen LogP contribution in [0, 0.1) is 0 Å². The molecule has 1 aromatic carbocycles. The van der Waals surface area contributed by atoms with Gasteiger partial charge < -0.3 is 10.2 Å². The lowest BCUT2D eigenvalue weighted by Crippen LogP contribution is -2.50. The van der Waals surface area contributed by atoms with Crippen molar-refractivity contribution in [2.24, 2.45) is 0 Å². The third-order valence-electron chi connectivity index (χ3n) is 3.39. The monoisotopic (exact) mass is 246 g/mol. The highest BCUT2D eigenvalue weighted by Crippen LogP contribution is 2.32. The number of nitrogens with one attached hydrogen (secondary N) is 1. The van der Waals surface area contributed by atoms with Crippen molar-refractivity contribution in [1.29, 1.82) is 0 Å². The van der Waals surface area contributed by atoms with Gasteiger partial charge in [0, 0.05) is 24.5 Å². The van der Waals surface area contributed by atoms with Crippen molar-refractivity contribution in [2.75, 3.05) is 6.54 Å². The van der Waals surface area contributed by atoms with Gasteiger partial charge in [-0.2, -0.15) is 0 Å². The van der Waals surface area contributed by atoms with Gasteiger partial charge in [0.05, 0.1) is 0 Å². The second-order valence-corrected chi connectivity index (χ2v) is 6.00. The van der Waals surface area contributed by atoms with Gasteiger partial charge in [0.1, 0.15) is 0 Å². The first-order chi connectivity index (χ1) is 8.40. The Bertz CT molecular complexity index is 452. The summed E-state index contributed by atoms with van der Waals surface area (Å²) in [5.74, 6) is 0. The number of hydrogen-bond donors (Lipinski definition) is 1. The molecule has 0 spiro atoms. The van der Waals surface area contributed by atoms with Gasteiger partial charge in [0.25, 0.3) is 0 Å². The highest BCUT2D eigenvalue weighted by molar-refractivity contribution is 5.75. The van der Waals surface area contributed by atoms with E-state index in [1.807, 2.05) is 24.8 Å². The summed E-state index contributed by atoms with van der Waals surface area (Å²) in [6.45, 7) is 9.84. The zero-order chi connectivity index (χ0) is 13.3. The van der Waals surface area contributed by atoms with Crippen LogP contribution in [0.2, 0.25) is 0 Å². The minimum Gasteiger partial charge on any atom is -0.336 e. The molecule has 0 saturated carbocycles. The van der Waals surface area contributed by atoms with Crippen molar-refractivity contribution < 1.29 is 4.79 Å². The summed E-state index contributed by atoms with van der Waals surface area (Å²) in [4.78, 5) is 14.0. The number of carbonyl (C=O) groups is 1. The predicted octanol–water partition coefficient (Wildman–Crippen LogP) is 2.90. The number of carbonyl (C=O) groups excluding carboxylic acids is 1.